The summed E-state index contributed by atoms with van der Waals surface area (Å²) in [4.78, 5) is 38.2. The Morgan fingerprint density at radius 1 is 0.284 bits per heavy atom. The van der Waals surface area contributed by atoms with Crippen molar-refractivity contribution in [2.24, 2.45) is 0 Å². The number of esters is 3. The summed E-state index contributed by atoms with van der Waals surface area (Å²) in [6.07, 6.45) is 83.7. The molecule has 6 nitrogen and oxygen atoms in total. The van der Waals surface area contributed by atoms with Gasteiger partial charge in [-0.2, -0.15) is 0 Å². The Kier molecular flexibility index (Phi) is 58.3. The average Bonchev–Trinajstić information content (AvgIpc) is 3.40. The van der Waals surface area contributed by atoms with Crippen LogP contribution in [0.5, 0.6) is 0 Å². The van der Waals surface area contributed by atoms with Crippen LogP contribution in [0.25, 0.3) is 0 Å². The molecular weight excluding hydrogens is 913 g/mol. The van der Waals surface area contributed by atoms with Crippen molar-refractivity contribution in [1.29, 1.82) is 0 Å². The van der Waals surface area contributed by atoms with E-state index in [1.54, 1.807) is 0 Å². The first-order valence-corrected chi connectivity index (χ1v) is 30.9. The molecule has 0 aromatic rings. The highest BCUT2D eigenvalue weighted by atomic mass is 16.6. The van der Waals surface area contributed by atoms with Gasteiger partial charge in [-0.05, 0) is 103 Å². The van der Waals surface area contributed by atoms with Gasteiger partial charge >= 0.3 is 17.9 Å². The monoisotopic (exact) mass is 1030 g/mol. The van der Waals surface area contributed by atoms with E-state index in [0.29, 0.717) is 19.3 Å². The Balaban J connectivity index is 4.30. The van der Waals surface area contributed by atoms with Gasteiger partial charge in [-0.1, -0.05) is 271 Å². The average molecular weight is 1030 g/mol. The van der Waals surface area contributed by atoms with E-state index >= 15 is 0 Å². The Morgan fingerprint density at radius 3 is 0.878 bits per heavy atom. The first-order chi connectivity index (χ1) is 36.5. The van der Waals surface area contributed by atoms with Crippen LogP contribution in [0.3, 0.4) is 0 Å². The summed E-state index contributed by atoms with van der Waals surface area (Å²) < 4.78 is 16.9. The van der Waals surface area contributed by atoms with Crippen LogP contribution in [0.15, 0.2) is 109 Å². The SMILES string of the molecule is CC/C=C\C/C=C\C/C=C\C/C=C\C/C=C\C/C=C\C/C=C\CCCCCCCCCC(=O)OCC(COC(=O)CCCCCCC/C=C\C/C=C\CCC)OC(=O)CCCCCCCCCCCCCCCC. The lowest BCUT2D eigenvalue weighted by molar-refractivity contribution is -0.167. The molecule has 0 rings (SSSR count). The van der Waals surface area contributed by atoms with E-state index in [9.17, 15) is 14.4 Å². The zero-order valence-corrected chi connectivity index (χ0v) is 48.3. The van der Waals surface area contributed by atoms with E-state index in [-0.39, 0.29) is 31.1 Å². The summed E-state index contributed by atoms with van der Waals surface area (Å²) in [6, 6.07) is 0. The Labute approximate surface area is 457 Å². The largest absolute Gasteiger partial charge is 0.462 e. The quantitative estimate of drug-likeness (QED) is 0.0261. The molecule has 0 aromatic heterocycles. The standard InChI is InChI=1S/C68H114O6/c1-4-7-10-13-16-19-22-25-27-28-29-30-31-32-33-34-35-36-37-38-39-40-41-44-46-49-52-55-58-61-67(70)73-64-65(63-72-66(69)60-57-54-51-48-45-42-24-21-18-15-12-9-6-3)74-68(71)62-59-56-53-50-47-43-26-23-20-17-14-11-8-5-2/h7,10,12,15-16,19,21,24-25,27,29-30,32-33,35-36,38-39,65H,4-6,8-9,11,13-14,17-18,20,22-23,26,28,31,34,37,40-64H2,1-3H3/b10-7-,15-12-,19-16-,24-21-,27-25-,30-29-,33-32-,36-35-,39-38-. The van der Waals surface area contributed by atoms with Crippen LogP contribution in [0.1, 0.15) is 284 Å². The fourth-order valence-electron chi connectivity index (χ4n) is 8.40. The molecule has 1 unspecified atom stereocenters. The van der Waals surface area contributed by atoms with E-state index in [4.69, 9.17) is 14.2 Å². The molecule has 1 atom stereocenters. The molecule has 0 N–H and O–H groups in total. The van der Waals surface area contributed by atoms with Gasteiger partial charge in [0.2, 0.25) is 0 Å². The number of allylic oxidation sites excluding steroid dienone is 18. The van der Waals surface area contributed by atoms with Gasteiger partial charge in [0.1, 0.15) is 13.2 Å². The topological polar surface area (TPSA) is 78.9 Å². The maximum Gasteiger partial charge on any atom is 0.306 e. The summed E-state index contributed by atoms with van der Waals surface area (Å²) >= 11 is 0. The Morgan fingerprint density at radius 2 is 0.554 bits per heavy atom. The molecule has 0 bridgehead atoms. The molecule has 0 saturated carbocycles. The van der Waals surface area contributed by atoms with Crippen LogP contribution >= 0.6 is 0 Å². The highest BCUT2D eigenvalue weighted by Crippen LogP contribution is 2.16. The van der Waals surface area contributed by atoms with Gasteiger partial charge in [0.05, 0.1) is 0 Å². The molecule has 0 saturated heterocycles. The lowest BCUT2D eigenvalue weighted by atomic mass is 10.0. The van der Waals surface area contributed by atoms with Crippen LogP contribution in [0, 0.1) is 0 Å². The molecule has 0 spiro atoms. The van der Waals surface area contributed by atoms with Gasteiger partial charge in [0.25, 0.3) is 0 Å². The van der Waals surface area contributed by atoms with Gasteiger partial charge in [-0.15, -0.1) is 0 Å². The highest BCUT2D eigenvalue weighted by molar-refractivity contribution is 5.71. The van der Waals surface area contributed by atoms with E-state index in [1.165, 1.54) is 103 Å². The molecule has 0 heterocycles. The second kappa shape index (κ2) is 61.6. The molecule has 422 valence electrons. The van der Waals surface area contributed by atoms with Gasteiger partial charge in [0.15, 0.2) is 6.10 Å². The number of carbonyl (C=O) groups is 3. The minimum atomic E-state index is -0.788. The third kappa shape index (κ3) is 59.0. The van der Waals surface area contributed by atoms with Crippen molar-refractivity contribution in [1.82, 2.24) is 0 Å². The van der Waals surface area contributed by atoms with Gasteiger partial charge in [-0.3, -0.25) is 14.4 Å². The molecule has 0 amide bonds. The van der Waals surface area contributed by atoms with Crippen LogP contribution in [-0.2, 0) is 28.6 Å². The fourth-order valence-corrected chi connectivity index (χ4v) is 8.40. The molecule has 0 radical (unpaired) electrons. The molecule has 0 aliphatic heterocycles. The van der Waals surface area contributed by atoms with Crippen molar-refractivity contribution in [2.45, 2.75) is 290 Å². The minimum absolute atomic E-state index is 0.0874. The summed E-state index contributed by atoms with van der Waals surface area (Å²) in [5, 5.41) is 0. The molecule has 0 aliphatic rings. The van der Waals surface area contributed by atoms with Crippen LogP contribution in [0.2, 0.25) is 0 Å². The maximum atomic E-state index is 12.9. The number of rotatable bonds is 55. The smallest absolute Gasteiger partial charge is 0.306 e. The summed E-state index contributed by atoms with van der Waals surface area (Å²) in [5.74, 6) is -0.906. The second-order valence-corrected chi connectivity index (χ2v) is 20.2. The maximum absolute atomic E-state index is 12.9. The first kappa shape index (κ1) is 70.1. The predicted octanol–water partition coefficient (Wildman–Crippen LogP) is 21.0. The van der Waals surface area contributed by atoms with E-state index in [0.717, 1.165) is 141 Å². The summed E-state index contributed by atoms with van der Waals surface area (Å²) in [5.41, 5.74) is 0. The number of hydrogen-bond donors (Lipinski definition) is 0. The van der Waals surface area contributed by atoms with Gasteiger partial charge in [0, 0.05) is 19.3 Å². The van der Waals surface area contributed by atoms with Crippen molar-refractivity contribution >= 4 is 17.9 Å². The third-order valence-electron chi connectivity index (χ3n) is 13.0. The van der Waals surface area contributed by atoms with E-state index in [2.05, 4.69) is 130 Å². The lowest BCUT2D eigenvalue weighted by Crippen LogP contribution is -2.30. The predicted molar refractivity (Wildman–Crippen MR) is 320 cm³/mol. The Bertz CT molecular complexity index is 1510. The number of hydrogen-bond acceptors (Lipinski definition) is 6. The molecule has 0 aromatic carbocycles. The second-order valence-electron chi connectivity index (χ2n) is 20.2. The first-order valence-electron chi connectivity index (χ1n) is 30.9. The molecule has 0 fully saturated rings. The van der Waals surface area contributed by atoms with Crippen LogP contribution < -0.4 is 0 Å². The molecule has 0 aliphatic carbocycles. The molecule has 74 heavy (non-hydrogen) atoms. The van der Waals surface area contributed by atoms with Crippen LogP contribution in [-0.4, -0.2) is 37.2 Å². The van der Waals surface area contributed by atoms with Crippen LogP contribution in [0.4, 0.5) is 0 Å². The normalized spacial score (nSPS) is 12.9. The summed E-state index contributed by atoms with van der Waals surface area (Å²) in [7, 11) is 0. The number of carbonyl (C=O) groups excluding carboxylic acids is 3. The molecular formula is C68H114O6. The van der Waals surface area contributed by atoms with Gasteiger partial charge < -0.3 is 14.2 Å². The highest BCUT2D eigenvalue weighted by Gasteiger charge is 2.19. The van der Waals surface area contributed by atoms with Crippen molar-refractivity contribution in [2.75, 3.05) is 13.2 Å². The van der Waals surface area contributed by atoms with Gasteiger partial charge in [-0.25, -0.2) is 0 Å². The molecule has 6 heteroatoms. The number of ether oxygens (including phenoxy) is 3. The van der Waals surface area contributed by atoms with Crippen molar-refractivity contribution < 1.29 is 28.6 Å². The Hall–Kier alpha value is -3.93. The zero-order valence-electron chi connectivity index (χ0n) is 48.3. The van der Waals surface area contributed by atoms with Crippen molar-refractivity contribution in [3.05, 3.63) is 109 Å². The number of unbranched alkanes of at least 4 members (excludes halogenated alkanes) is 26. The van der Waals surface area contributed by atoms with E-state index < -0.39 is 6.10 Å². The van der Waals surface area contributed by atoms with E-state index in [1.807, 2.05) is 0 Å². The third-order valence-corrected chi connectivity index (χ3v) is 13.0. The fraction of sp³-hybridized carbons (Fsp3) is 0.691. The zero-order chi connectivity index (χ0) is 53.6. The van der Waals surface area contributed by atoms with Crippen molar-refractivity contribution in [3.63, 3.8) is 0 Å². The van der Waals surface area contributed by atoms with Crippen molar-refractivity contribution in [3.8, 4) is 0 Å². The summed E-state index contributed by atoms with van der Waals surface area (Å²) in [6.45, 7) is 6.45. The minimum Gasteiger partial charge on any atom is -0.462 e. The lowest BCUT2D eigenvalue weighted by Gasteiger charge is -2.18.